The van der Waals surface area contributed by atoms with E-state index in [0.29, 0.717) is 0 Å². The predicted octanol–water partition coefficient (Wildman–Crippen LogP) is 20.5. The van der Waals surface area contributed by atoms with Gasteiger partial charge in [0.2, 0.25) is 0 Å². The Morgan fingerprint density at radius 1 is 0.549 bits per heavy atom. The van der Waals surface area contributed by atoms with Crippen molar-refractivity contribution < 1.29 is 0 Å². The zero-order chi connectivity index (χ0) is 51.2. The van der Waals surface area contributed by atoms with Gasteiger partial charge < -0.3 is 9.13 Å². The minimum Gasteiger partial charge on any atom is -0.309 e. The summed E-state index contributed by atoms with van der Waals surface area (Å²) in [6.07, 6.45) is 24.6. The van der Waals surface area contributed by atoms with Crippen molar-refractivity contribution in [3.05, 3.63) is 210 Å². The molecular weight excluding hydrogens is 857 g/mol. The first-order chi connectivity index (χ1) is 34.5. The van der Waals surface area contributed by atoms with Crippen molar-refractivity contribution >= 4 is 49.7 Å². The summed E-state index contributed by atoms with van der Waals surface area (Å²) in [6.45, 7) is 28.2. The molecule has 1 aliphatic carbocycles. The lowest BCUT2D eigenvalue weighted by molar-refractivity contribution is 0.639. The fourth-order valence-electron chi connectivity index (χ4n) is 9.79. The second kappa shape index (κ2) is 24.5. The van der Waals surface area contributed by atoms with Crippen LogP contribution in [0.1, 0.15) is 116 Å². The van der Waals surface area contributed by atoms with Gasteiger partial charge in [-0.2, -0.15) is 0 Å². The summed E-state index contributed by atoms with van der Waals surface area (Å²) in [5, 5.41) is 5.04. The maximum absolute atomic E-state index is 4.00. The number of benzene rings is 7. The van der Waals surface area contributed by atoms with Crippen LogP contribution < -0.4 is 0 Å². The zero-order valence-corrected chi connectivity index (χ0v) is 44.4. The van der Waals surface area contributed by atoms with Crippen LogP contribution in [0, 0.1) is 26.7 Å². The smallest absolute Gasteiger partial charge is 0.0542 e. The van der Waals surface area contributed by atoms with Crippen LogP contribution in [-0.2, 0) is 5.41 Å². The van der Waals surface area contributed by atoms with Gasteiger partial charge in [-0.3, -0.25) is 0 Å². The summed E-state index contributed by atoms with van der Waals surface area (Å²) >= 11 is 0. The summed E-state index contributed by atoms with van der Waals surface area (Å²) in [5.41, 5.74) is 20.6. The number of allylic oxidation sites excluding steroid dienone is 5. The van der Waals surface area contributed by atoms with Crippen molar-refractivity contribution in [1.29, 1.82) is 0 Å². The Morgan fingerprint density at radius 3 is 1.68 bits per heavy atom. The molecule has 0 aliphatic heterocycles. The summed E-state index contributed by atoms with van der Waals surface area (Å²) in [6, 6.07) is 54.3. The van der Waals surface area contributed by atoms with Crippen molar-refractivity contribution in [3.8, 4) is 46.5 Å². The molecule has 2 aromatic heterocycles. The Morgan fingerprint density at radius 2 is 1.07 bits per heavy atom. The molecule has 0 bridgehead atoms. The Hall–Kier alpha value is -7.34. The van der Waals surface area contributed by atoms with Crippen LogP contribution in [0.2, 0.25) is 0 Å². The van der Waals surface area contributed by atoms with Crippen LogP contribution in [0.15, 0.2) is 188 Å². The highest BCUT2D eigenvalue weighted by Crippen LogP contribution is 2.44. The highest BCUT2D eigenvalue weighted by atomic mass is 15.0. The lowest BCUT2D eigenvalue weighted by Gasteiger charge is -2.22. The van der Waals surface area contributed by atoms with Gasteiger partial charge in [-0.05, 0) is 152 Å². The lowest BCUT2D eigenvalue weighted by atomic mass is 9.82. The van der Waals surface area contributed by atoms with Crippen molar-refractivity contribution in [2.75, 3.05) is 0 Å². The van der Waals surface area contributed by atoms with Gasteiger partial charge in [-0.1, -0.05) is 181 Å². The Kier molecular flexibility index (Phi) is 18.3. The molecule has 0 radical (unpaired) electrons. The number of nitrogens with zero attached hydrogens (tertiary/aromatic N) is 2. The number of aryl methyl sites for hydroxylation is 2. The minimum atomic E-state index is 0.0476. The molecule has 9 aromatic rings. The Bertz CT molecular complexity index is 3310. The third-order valence-corrected chi connectivity index (χ3v) is 14.2. The highest BCUT2D eigenvalue weighted by molar-refractivity contribution is 6.13. The molecule has 0 N–H and O–H groups in total. The van der Waals surface area contributed by atoms with Gasteiger partial charge in [0.05, 0.1) is 22.1 Å². The van der Waals surface area contributed by atoms with Gasteiger partial charge in [0.15, 0.2) is 0 Å². The van der Waals surface area contributed by atoms with E-state index in [9.17, 15) is 0 Å². The number of rotatable bonds is 10. The first-order valence-corrected chi connectivity index (χ1v) is 25.8. The molecule has 10 rings (SSSR count). The second-order valence-corrected chi connectivity index (χ2v) is 19.0. The number of terminal acetylenes is 1. The number of unbranched alkanes of at least 4 members (excludes halogenated alkanes) is 2. The number of para-hydroxylation sites is 2. The third kappa shape index (κ3) is 11.0. The molecule has 0 amide bonds. The summed E-state index contributed by atoms with van der Waals surface area (Å²) in [5.74, 6) is 0. The number of aromatic nitrogens is 2. The van der Waals surface area contributed by atoms with Gasteiger partial charge in [0.1, 0.15) is 0 Å². The molecule has 362 valence electrons. The largest absolute Gasteiger partial charge is 0.309 e. The van der Waals surface area contributed by atoms with Crippen LogP contribution in [0.3, 0.4) is 0 Å². The second-order valence-electron chi connectivity index (χ2n) is 19.0. The molecule has 1 aliphatic rings. The zero-order valence-electron chi connectivity index (χ0n) is 44.4. The van der Waals surface area contributed by atoms with Gasteiger partial charge in [0, 0.05) is 38.3 Å². The molecule has 2 nitrogen and oxygen atoms in total. The SMILES string of the molecule is C#C.C/C=C\C=C(/CC)CCCC.C=C.CC1=Cc2cc(-n3c4ccc(-c5ccc(C)c(-c6ccccc6C)c5)cc4c4cc(-n5c6ccccc6c6ccccc65)ccc43)ccc2C1(C)C.CCCC. The summed E-state index contributed by atoms with van der Waals surface area (Å²) in [4.78, 5) is 0. The molecule has 7 aromatic carbocycles. The van der Waals surface area contributed by atoms with Crippen LogP contribution in [0.4, 0.5) is 0 Å². The fourth-order valence-corrected chi connectivity index (χ4v) is 9.79. The van der Waals surface area contributed by atoms with Crippen molar-refractivity contribution in [3.63, 3.8) is 0 Å². The topological polar surface area (TPSA) is 9.86 Å². The monoisotopic (exact) mass is 933 g/mol. The molecule has 0 atom stereocenters. The Balaban J connectivity index is 0.000000375. The van der Waals surface area contributed by atoms with Crippen LogP contribution in [-0.4, -0.2) is 9.13 Å². The standard InChI is InChI=1S/C50H40N2.C11H20.C4H10.C2H4.C2H2/c1-31-12-6-7-13-39(31)42-28-34(19-18-32(42)2)35-20-24-48-43(29-35)44-30-38(52-46-16-10-8-14-40(46)41-15-9-11-17-47(41)52)22-25-49(44)51(48)37-21-23-45-36(27-37)26-33(3)50(45,4)5;1-4-7-9-11(6-3)10-8-5-2;1-3-4-2;2*1-2/h6-30H,1-5H3;4,7,9H,5-6,8,10H2,1-3H3;3-4H2,1-2H3;1-2H2;1-2H/b;7-4-,11-9+;;;. The predicted molar refractivity (Wildman–Crippen MR) is 317 cm³/mol. The van der Waals surface area contributed by atoms with Crippen molar-refractivity contribution in [1.82, 2.24) is 9.13 Å². The van der Waals surface area contributed by atoms with E-state index in [-0.39, 0.29) is 5.41 Å². The van der Waals surface area contributed by atoms with Crippen LogP contribution in [0.25, 0.3) is 83.3 Å². The molecule has 0 spiro atoms. The lowest BCUT2D eigenvalue weighted by Crippen LogP contribution is -2.15. The maximum Gasteiger partial charge on any atom is 0.0542 e. The minimum absolute atomic E-state index is 0.0476. The molecule has 0 fully saturated rings. The average Bonchev–Trinajstić information content (AvgIpc) is 4.00. The first-order valence-electron chi connectivity index (χ1n) is 25.8. The number of hydrogen-bond donors (Lipinski definition) is 0. The van der Waals surface area contributed by atoms with Crippen molar-refractivity contribution in [2.24, 2.45) is 0 Å². The van der Waals surface area contributed by atoms with E-state index in [0.717, 1.165) is 0 Å². The molecule has 0 unspecified atom stereocenters. The van der Waals surface area contributed by atoms with Crippen LogP contribution in [0.5, 0.6) is 0 Å². The third-order valence-electron chi connectivity index (χ3n) is 14.2. The summed E-state index contributed by atoms with van der Waals surface area (Å²) < 4.78 is 4.89. The van der Waals surface area contributed by atoms with E-state index in [1.54, 1.807) is 5.57 Å². The number of hydrogen-bond acceptors (Lipinski definition) is 0. The van der Waals surface area contributed by atoms with E-state index >= 15 is 0 Å². The quantitative estimate of drug-likeness (QED) is 0.0735. The molecule has 2 heteroatoms. The highest BCUT2D eigenvalue weighted by Gasteiger charge is 2.30. The van der Waals surface area contributed by atoms with E-state index in [4.69, 9.17) is 0 Å². The van der Waals surface area contributed by atoms with Gasteiger partial charge in [-0.15, -0.1) is 26.0 Å². The van der Waals surface area contributed by atoms with Crippen molar-refractivity contribution in [2.45, 2.75) is 113 Å². The molecule has 2 heterocycles. The molecule has 71 heavy (non-hydrogen) atoms. The first kappa shape index (κ1) is 53.0. The van der Waals surface area contributed by atoms with Gasteiger partial charge in [-0.25, -0.2) is 0 Å². The Labute approximate surface area is 426 Å². The number of fused-ring (bicyclic) bond motifs is 7. The van der Waals surface area contributed by atoms with Gasteiger partial charge >= 0.3 is 0 Å². The molecular formula is C69H76N2. The van der Waals surface area contributed by atoms with Gasteiger partial charge in [0.25, 0.3) is 0 Å². The van der Waals surface area contributed by atoms with E-state index in [1.165, 1.54) is 144 Å². The molecule has 0 saturated carbocycles. The van der Waals surface area contributed by atoms with E-state index < -0.39 is 0 Å². The van der Waals surface area contributed by atoms with E-state index in [1.807, 2.05) is 0 Å². The maximum atomic E-state index is 4.00. The normalized spacial score (nSPS) is 12.6. The van der Waals surface area contributed by atoms with E-state index in [2.05, 4.69) is 274 Å². The van der Waals surface area contributed by atoms with Crippen LogP contribution >= 0.6 is 0 Å². The average molecular weight is 933 g/mol. The summed E-state index contributed by atoms with van der Waals surface area (Å²) in [7, 11) is 0. The fraction of sp³-hybridized carbons (Fsp3) is 0.246. The molecule has 0 saturated heterocycles.